The van der Waals surface area contributed by atoms with Gasteiger partial charge in [0.1, 0.15) is 34.4 Å². The molecular weight excluding hydrogens is 925 g/mol. The van der Waals surface area contributed by atoms with Crippen molar-refractivity contribution in [2.75, 3.05) is 0 Å². The Balaban J connectivity index is 1.18. The lowest BCUT2D eigenvalue weighted by molar-refractivity contribution is -0.0268. The summed E-state index contributed by atoms with van der Waals surface area (Å²) in [5.74, 6) is 4.63. The summed E-state index contributed by atoms with van der Waals surface area (Å²) < 4.78 is 21.0. The molecule has 1 aromatic rings. The first kappa shape index (κ1) is 60.6. The van der Waals surface area contributed by atoms with Crippen LogP contribution < -0.4 is 9.47 Å². The molecule has 0 aromatic heterocycles. The van der Waals surface area contributed by atoms with Gasteiger partial charge in [0.25, 0.3) is 0 Å². The van der Waals surface area contributed by atoms with Crippen molar-refractivity contribution < 1.29 is 29.5 Å². The molecule has 3 fully saturated rings. The van der Waals surface area contributed by atoms with E-state index in [2.05, 4.69) is 170 Å². The molecule has 0 radical (unpaired) electrons. The smallest absolute Gasteiger partial charge is 0.127 e. The molecule has 2 saturated carbocycles. The lowest BCUT2D eigenvalue weighted by Gasteiger charge is -2.43. The van der Waals surface area contributed by atoms with Gasteiger partial charge in [-0.1, -0.05) is 166 Å². The molecule has 10 atom stereocenters. The molecule has 6 rings (SSSR count). The lowest BCUT2D eigenvalue weighted by atomic mass is 9.63. The van der Waals surface area contributed by atoms with E-state index in [0.29, 0.717) is 19.3 Å². The van der Waals surface area contributed by atoms with Gasteiger partial charge in [-0.3, -0.25) is 0 Å². The summed E-state index contributed by atoms with van der Waals surface area (Å²) in [4.78, 5) is 0. The highest BCUT2D eigenvalue weighted by atomic mass is 16.6. The minimum atomic E-state index is -1.08. The molecule has 6 heteroatoms. The van der Waals surface area contributed by atoms with Crippen LogP contribution in [-0.4, -0.2) is 56.0 Å². The third-order valence-electron chi connectivity index (χ3n) is 18.4. The number of aliphatic hydroxyl groups is 3. The fourth-order valence-electron chi connectivity index (χ4n) is 13.9. The molecule has 5 aliphatic rings. The second-order valence-electron chi connectivity index (χ2n) is 27.3. The number of fused-ring (bicyclic) bond motifs is 4. The van der Waals surface area contributed by atoms with E-state index in [1.165, 1.54) is 84.8 Å². The number of benzene rings is 1. The van der Waals surface area contributed by atoms with E-state index in [4.69, 9.17) is 14.2 Å². The maximum Gasteiger partial charge on any atom is 0.127 e. The zero-order chi connectivity index (χ0) is 55.3. The summed E-state index contributed by atoms with van der Waals surface area (Å²) in [6.45, 7) is 37.5. The first-order valence-corrected chi connectivity index (χ1v) is 29.5. The standard InChI is InChI=1S/C69H104O6/c1-46(2)24-20-26-48(4)28-21-29-49(5)31-23-37-66(15)38-36-58-59-41-55(40-51(7)35-39-69-65(13,14)43-57(71)45-68(69,17)75-69)61(73-62(59)53(9)54(10)63(58)74-66)52(8)32-19-18-25-47(3)27-22-30-50(6)33-34-60-64(11,12)42-56(70)44-67(60,16)72/h18-19,22,25,27,30,32-33,35,39-40,46,48-49,55-57,61,70-72H,20-21,23-24,26,28-29,31,36-38,41-45H2,1-17H3/b19-18+,27-22+,39-35+,47-25+,50-30+,51-40-,52-32+/t34?,48-,49-,55?,56+,57+,61?,66-,67-,68-,69+/m1/s1. The van der Waals surface area contributed by atoms with Crippen molar-refractivity contribution >= 4 is 0 Å². The molecule has 1 saturated heterocycles. The zero-order valence-corrected chi connectivity index (χ0v) is 50.3. The van der Waals surface area contributed by atoms with Crippen LogP contribution in [-0.2, 0) is 17.6 Å². The molecule has 0 bridgehead atoms. The Morgan fingerprint density at radius 3 is 1.96 bits per heavy atom. The monoisotopic (exact) mass is 1030 g/mol. The Morgan fingerprint density at radius 1 is 0.693 bits per heavy atom. The van der Waals surface area contributed by atoms with Crippen LogP contribution in [0.15, 0.2) is 100 Å². The maximum atomic E-state index is 11.1. The number of epoxide rings is 1. The Hall–Kier alpha value is -3.64. The summed E-state index contributed by atoms with van der Waals surface area (Å²) >= 11 is 0. The molecule has 2 unspecified atom stereocenters. The normalized spacial score (nSPS) is 31.7. The average Bonchev–Trinajstić information content (AvgIpc) is 3.92. The Kier molecular flexibility index (Phi) is 19.9. The highest BCUT2D eigenvalue weighted by Crippen LogP contribution is 2.66. The van der Waals surface area contributed by atoms with Gasteiger partial charge in [0.15, 0.2) is 0 Å². The Labute approximate surface area is 457 Å². The van der Waals surface area contributed by atoms with Gasteiger partial charge in [-0.2, -0.15) is 0 Å². The molecule has 75 heavy (non-hydrogen) atoms. The van der Waals surface area contributed by atoms with Gasteiger partial charge >= 0.3 is 0 Å². The first-order chi connectivity index (χ1) is 35.0. The van der Waals surface area contributed by atoms with Crippen LogP contribution in [0.4, 0.5) is 0 Å². The van der Waals surface area contributed by atoms with Gasteiger partial charge in [0, 0.05) is 40.9 Å². The predicted molar refractivity (Wildman–Crippen MR) is 315 cm³/mol. The van der Waals surface area contributed by atoms with Crippen molar-refractivity contribution in [2.45, 2.75) is 261 Å². The minimum absolute atomic E-state index is 0.0999. The highest BCUT2D eigenvalue weighted by Gasteiger charge is 2.74. The van der Waals surface area contributed by atoms with Crippen molar-refractivity contribution in [3.05, 3.63) is 123 Å². The topological polar surface area (TPSA) is 91.7 Å². The third-order valence-corrected chi connectivity index (χ3v) is 18.4. The number of rotatable bonds is 21. The Bertz CT molecular complexity index is 2440. The van der Waals surface area contributed by atoms with Crippen molar-refractivity contribution in [3.63, 3.8) is 0 Å². The van der Waals surface area contributed by atoms with Gasteiger partial charge in [0.05, 0.1) is 17.8 Å². The van der Waals surface area contributed by atoms with E-state index in [9.17, 15) is 15.3 Å². The summed E-state index contributed by atoms with van der Waals surface area (Å²) in [7, 11) is 0. The van der Waals surface area contributed by atoms with E-state index in [-0.39, 0.29) is 40.2 Å². The fourth-order valence-corrected chi connectivity index (χ4v) is 13.9. The van der Waals surface area contributed by atoms with Crippen LogP contribution in [0.1, 0.15) is 216 Å². The van der Waals surface area contributed by atoms with Crippen LogP contribution in [0.2, 0.25) is 0 Å². The molecule has 416 valence electrons. The molecule has 0 amide bonds. The SMILES string of the molecule is CC(=C/C1Cc2c3c(c(C)c(C)c2OC1/C(C)=C/C=C/C=C(C)/C=C/C=C(\C)C=C=C1C(C)(C)C[C@H](O)C[C@@]1(C)O)O[C@](C)(CCC[C@H](C)CCC[C@H](C)CCCC(C)C)CC3)/C=C/[C@@]12O[C@]1(C)C[C@@H](O)CC2(C)C. The van der Waals surface area contributed by atoms with E-state index in [0.717, 1.165) is 78.1 Å². The number of allylic oxidation sites excluding steroid dienone is 11. The van der Waals surface area contributed by atoms with Crippen LogP contribution in [0.25, 0.3) is 0 Å². The van der Waals surface area contributed by atoms with Crippen molar-refractivity contribution in [3.8, 4) is 11.5 Å². The quantitative estimate of drug-likeness (QED) is 0.0646. The van der Waals surface area contributed by atoms with E-state index >= 15 is 0 Å². The van der Waals surface area contributed by atoms with Crippen molar-refractivity contribution in [1.82, 2.24) is 0 Å². The molecule has 3 N–H and O–H groups in total. The van der Waals surface area contributed by atoms with Gasteiger partial charge in [0.2, 0.25) is 0 Å². The highest BCUT2D eigenvalue weighted by molar-refractivity contribution is 5.61. The third kappa shape index (κ3) is 14.9. The second-order valence-corrected chi connectivity index (χ2v) is 27.3. The lowest BCUT2D eigenvalue weighted by Crippen LogP contribution is -2.46. The van der Waals surface area contributed by atoms with E-state index in [1.807, 2.05) is 13.0 Å². The van der Waals surface area contributed by atoms with Crippen LogP contribution >= 0.6 is 0 Å². The molecule has 6 nitrogen and oxygen atoms in total. The summed E-state index contributed by atoms with van der Waals surface area (Å²) in [6, 6.07) is 0. The van der Waals surface area contributed by atoms with E-state index in [1.54, 1.807) is 6.92 Å². The summed E-state index contributed by atoms with van der Waals surface area (Å²) in [6.07, 6.45) is 39.6. The number of hydrogen-bond acceptors (Lipinski definition) is 6. The van der Waals surface area contributed by atoms with E-state index < -0.39 is 17.3 Å². The van der Waals surface area contributed by atoms with Crippen LogP contribution in [0.5, 0.6) is 11.5 Å². The Morgan fingerprint density at radius 2 is 1.31 bits per heavy atom. The summed E-state index contributed by atoms with van der Waals surface area (Å²) in [5, 5.41) is 32.1. The number of hydrogen-bond donors (Lipinski definition) is 3. The molecule has 3 heterocycles. The number of aliphatic hydroxyl groups excluding tert-OH is 2. The predicted octanol–water partition coefficient (Wildman–Crippen LogP) is 16.9. The van der Waals surface area contributed by atoms with Crippen molar-refractivity contribution in [2.24, 2.45) is 34.5 Å². The zero-order valence-electron chi connectivity index (χ0n) is 50.3. The maximum absolute atomic E-state index is 11.1. The molecule has 0 spiro atoms. The molecule has 1 aromatic carbocycles. The van der Waals surface area contributed by atoms with Gasteiger partial charge in [-0.25, -0.2) is 0 Å². The first-order valence-electron chi connectivity index (χ1n) is 29.5. The fraction of sp³-hybridized carbons (Fsp3) is 0.667. The molecule has 3 aliphatic heterocycles. The molecular formula is C69H104O6. The largest absolute Gasteiger partial charge is 0.487 e. The summed E-state index contributed by atoms with van der Waals surface area (Å²) in [5.41, 5.74) is 11.3. The van der Waals surface area contributed by atoms with Crippen molar-refractivity contribution in [1.29, 1.82) is 0 Å². The molecule has 2 aliphatic carbocycles. The van der Waals surface area contributed by atoms with Crippen LogP contribution in [0.3, 0.4) is 0 Å². The van der Waals surface area contributed by atoms with Gasteiger partial charge < -0.3 is 29.5 Å². The number of ether oxygens (including phenoxy) is 3. The minimum Gasteiger partial charge on any atom is -0.487 e. The second kappa shape index (κ2) is 24.6. The average molecular weight is 1030 g/mol. The van der Waals surface area contributed by atoms with Gasteiger partial charge in [-0.05, 0) is 165 Å². The van der Waals surface area contributed by atoms with Gasteiger partial charge in [-0.15, -0.1) is 5.73 Å². The van der Waals surface area contributed by atoms with Crippen LogP contribution in [0, 0.1) is 48.3 Å².